The standard InChI is InChI=1S/C17H17ClN2O3/c1-9(2)22-17(21)14-10(3)23-16(20)13(8-19)15(14)11-4-6-12(18)7-5-11/h4-7,9,15H,20H2,1-3H3. The molecule has 120 valence electrons. The van der Waals surface area contributed by atoms with E-state index in [2.05, 4.69) is 0 Å². The van der Waals surface area contributed by atoms with Crippen molar-refractivity contribution in [1.29, 1.82) is 5.26 Å². The van der Waals surface area contributed by atoms with Gasteiger partial charge in [0.05, 0.1) is 17.6 Å². The Morgan fingerprint density at radius 3 is 2.52 bits per heavy atom. The van der Waals surface area contributed by atoms with E-state index in [9.17, 15) is 10.1 Å². The van der Waals surface area contributed by atoms with Crippen molar-refractivity contribution in [2.45, 2.75) is 32.8 Å². The number of nitrogens with two attached hydrogens (primary N) is 1. The van der Waals surface area contributed by atoms with Crippen LogP contribution in [0.1, 0.15) is 32.3 Å². The number of halogens is 1. The summed E-state index contributed by atoms with van der Waals surface area (Å²) in [5, 5.41) is 10.0. The summed E-state index contributed by atoms with van der Waals surface area (Å²) >= 11 is 5.92. The van der Waals surface area contributed by atoms with Crippen molar-refractivity contribution in [1.82, 2.24) is 0 Å². The zero-order valence-corrected chi connectivity index (χ0v) is 13.8. The predicted molar refractivity (Wildman–Crippen MR) is 86.0 cm³/mol. The number of esters is 1. The van der Waals surface area contributed by atoms with Crippen LogP contribution in [-0.4, -0.2) is 12.1 Å². The minimum Gasteiger partial charge on any atom is -0.459 e. The van der Waals surface area contributed by atoms with Gasteiger partial charge in [-0.1, -0.05) is 23.7 Å². The molecule has 0 radical (unpaired) electrons. The van der Waals surface area contributed by atoms with Crippen LogP contribution >= 0.6 is 11.6 Å². The number of rotatable bonds is 3. The molecule has 1 aromatic rings. The van der Waals surface area contributed by atoms with E-state index in [0.717, 1.165) is 0 Å². The summed E-state index contributed by atoms with van der Waals surface area (Å²) in [5.74, 6) is -0.854. The number of carbonyl (C=O) groups excluding carboxylic acids is 1. The van der Waals surface area contributed by atoms with Crippen LogP contribution in [0.4, 0.5) is 0 Å². The second-order valence-corrected chi connectivity index (χ2v) is 5.84. The first-order valence-corrected chi connectivity index (χ1v) is 7.47. The van der Waals surface area contributed by atoms with Crippen molar-refractivity contribution < 1.29 is 14.3 Å². The predicted octanol–water partition coefficient (Wildman–Crippen LogP) is 3.37. The Hall–Kier alpha value is -2.45. The van der Waals surface area contributed by atoms with E-state index < -0.39 is 11.9 Å². The van der Waals surface area contributed by atoms with Crippen molar-refractivity contribution in [3.05, 3.63) is 57.6 Å². The van der Waals surface area contributed by atoms with Crippen LogP contribution in [0.15, 0.2) is 47.1 Å². The van der Waals surface area contributed by atoms with E-state index in [-0.39, 0.29) is 23.1 Å². The quantitative estimate of drug-likeness (QED) is 0.858. The van der Waals surface area contributed by atoms with E-state index in [1.807, 2.05) is 6.07 Å². The maximum absolute atomic E-state index is 12.5. The molecule has 0 aliphatic carbocycles. The molecular weight excluding hydrogens is 316 g/mol. The second-order valence-electron chi connectivity index (χ2n) is 5.40. The third kappa shape index (κ3) is 3.49. The van der Waals surface area contributed by atoms with Gasteiger partial charge >= 0.3 is 5.97 Å². The normalized spacial score (nSPS) is 17.8. The number of nitrogens with zero attached hydrogens (tertiary/aromatic N) is 1. The fraction of sp³-hybridized carbons (Fsp3) is 0.294. The molecule has 1 aliphatic rings. The van der Waals surface area contributed by atoms with Crippen molar-refractivity contribution in [3.63, 3.8) is 0 Å². The molecular formula is C17H17ClN2O3. The number of benzene rings is 1. The second kappa shape index (κ2) is 6.76. The molecule has 1 aliphatic heterocycles. The summed E-state index contributed by atoms with van der Waals surface area (Å²) in [5.41, 5.74) is 6.98. The van der Waals surface area contributed by atoms with Crippen molar-refractivity contribution >= 4 is 17.6 Å². The Labute approximate surface area is 139 Å². The number of carbonyl (C=O) groups is 1. The van der Waals surface area contributed by atoms with Gasteiger partial charge in [-0.25, -0.2) is 4.79 Å². The van der Waals surface area contributed by atoms with Crippen LogP contribution in [0, 0.1) is 11.3 Å². The molecule has 1 atom stereocenters. The third-order valence-electron chi connectivity index (χ3n) is 3.37. The van der Waals surface area contributed by atoms with Crippen LogP contribution < -0.4 is 5.73 Å². The molecule has 2 rings (SSSR count). The lowest BCUT2D eigenvalue weighted by Gasteiger charge is -2.27. The van der Waals surface area contributed by atoms with Gasteiger partial charge in [-0.15, -0.1) is 0 Å². The summed E-state index contributed by atoms with van der Waals surface area (Å²) in [4.78, 5) is 12.5. The largest absolute Gasteiger partial charge is 0.459 e. The summed E-state index contributed by atoms with van der Waals surface area (Å²) < 4.78 is 10.7. The van der Waals surface area contributed by atoms with Crippen LogP contribution in [-0.2, 0) is 14.3 Å². The minimum atomic E-state index is -0.641. The molecule has 1 heterocycles. The van der Waals surface area contributed by atoms with E-state index >= 15 is 0 Å². The molecule has 0 saturated carbocycles. The Bertz CT molecular complexity index is 727. The van der Waals surface area contributed by atoms with Crippen molar-refractivity contribution in [2.24, 2.45) is 5.73 Å². The van der Waals surface area contributed by atoms with Gasteiger partial charge in [-0.05, 0) is 38.5 Å². The Balaban J connectivity index is 2.57. The van der Waals surface area contributed by atoms with E-state index in [4.69, 9.17) is 26.8 Å². The monoisotopic (exact) mass is 332 g/mol. The van der Waals surface area contributed by atoms with Gasteiger partial charge in [-0.2, -0.15) is 5.26 Å². The molecule has 0 amide bonds. The molecule has 1 unspecified atom stereocenters. The average molecular weight is 333 g/mol. The number of ether oxygens (including phenoxy) is 2. The van der Waals surface area contributed by atoms with Gasteiger partial charge in [0, 0.05) is 5.02 Å². The minimum absolute atomic E-state index is 0.00829. The zero-order valence-electron chi connectivity index (χ0n) is 13.1. The molecule has 1 aromatic carbocycles. The summed E-state index contributed by atoms with van der Waals surface area (Å²) in [6, 6.07) is 8.91. The zero-order chi connectivity index (χ0) is 17.1. The van der Waals surface area contributed by atoms with Gasteiger partial charge in [-0.3, -0.25) is 0 Å². The SMILES string of the molecule is CC1=C(C(=O)OC(C)C)C(c2ccc(Cl)cc2)C(C#N)=C(N)O1. The fourth-order valence-electron chi connectivity index (χ4n) is 2.41. The Morgan fingerprint density at radius 1 is 1.39 bits per heavy atom. The van der Waals surface area contributed by atoms with Gasteiger partial charge in [0.25, 0.3) is 0 Å². The fourth-order valence-corrected chi connectivity index (χ4v) is 2.54. The van der Waals surface area contributed by atoms with Gasteiger partial charge < -0.3 is 15.2 Å². The van der Waals surface area contributed by atoms with Crippen LogP contribution in [0.2, 0.25) is 5.02 Å². The number of hydrogen-bond acceptors (Lipinski definition) is 5. The summed E-state index contributed by atoms with van der Waals surface area (Å²) in [6.45, 7) is 5.13. The van der Waals surface area contributed by atoms with Crippen molar-refractivity contribution in [2.75, 3.05) is 0 Å². The summed E-state index contributed by atoms with van der Waals surface area (Å²) in [7, 11) is 0. The Kier molecular flexibility index (Phi) is 4.97. The first-order valence-electron chi connectivity index (χ1n) is 7.10. The van der Waals surface area contributed by atoms with Crippen LogP contribution in [0.3, 0.4) is 0 Å². The first kappa shape index (κ1) is 16.9. The highest BCUT2D eigenvalue weighted by Crippen LogP contribution is 2.39. The highest BCUT2D eigenvalue weighted by molar-refractivity contribution is 6.30. The first-order chi connectivity index (χ1) is 10.8. The van der Waals surface area contributed by atoms with E-state index in [0.29, 0.717) is 16.3 Å². The molecule has 0 saturated heterocycles. The number of allylic oxidation sites excluding steroid dienone is 2. The van der Waals surface area contributed by atoms with Gasteiger partial charge in [0.2, 0.25) is 5.88 Å². The van der Waals surface area contributed by atoms with Crippen molar-refractivity contribution in [3.8, 4) is 6.07 Å². The number of hydrogen-bond donors (Lipinski definition) is 1. The summed E-state index contributed by atoms with van der Waals surface area (Å²) in [6.07, 6.45) is -0.289. The van der Waals surface area contributed by atoms with Gasteiger partial charge in [0.15, 0.2) is 0 Å². The molecule has 2 N–H and O–H groups in total. The van der Waals surface area contributed by atoms with Crippen LogP contribution in [0.5, 0.6) is 0 Å². The molecule has 5 nitrogen and oxygen atoms in total. The van der Waals surface area contributed by atoms with E-state index in [1.165, 1.54) is 0 Å². The number of nitriles is 1. The maximum atomic E-state index is 12.5. The highest BCUT2D eigenvalue weighted by atomic mass is 35.5. The van der Waals surface area contributed by atoms with Gasteiger partial charge in [0.1, 0.15) is 17.4 Å². The average Bonchev–Trinajstić information content (AvgIpc) is 2.46. The lowest BCUT2D eigenvalue weighted by atomic mass is 9.83. The molecule has 23 heavy (non-hydrogen) atoms. The lowest BCUT2D eigenvalue weighted by Crippen LogP contribution is -2.26. The van der Waals surface area contributed by atoms with Crippen LogP contribution in [0.25, 0.3) is 0 Å². The molecule has 0 aromatic heterocycles. The smallest absolute Gasteiger partial charge is 0.338 e. The maximum Gasteiger partial charge on any atom is 0.338 e. The molecule has 6 heteroatoms. The lowest BCUT2D eigenvalue weighted by molar-refractivity contribution is -0.143. The molecule has 0 bridgehead atoms. The highest BCUT2D eigenvalue weighted by Gasteiger charge is 2.36. The third-order valence-corrected chi connectivity index (χ3v) is 3.62. The Morgan fingerprint density at radius 2 is 2.00 bits per heavy atom. The molecule has 0 fully saturated rings. The van der Waals surface area contributed by atoms with E-state index in [1.54, 1.807) is 45.0 Å². The topological polar surface area (TPSA) is 85.3 Å². The molecule has 0 spiro atoms.